The van der Waals surface area contributed by atoms with Crippen LogP contribution in [0.4, 0.5) is 11.6 Å². The maximum Gasteiger partial charge on any atom is 0.331 e. The minimum absolute atomic E-state index is 0.0900. The number of allylic oxidation sites excluding steroid dienone is 1. The van der Waals surface area contributed by atoms with Crippen LogP contribution in [-0.2, 0) is 9.53 Å². The highest BCUT2D eigenvalue weighted by Crippen LogP contribution is 2.29. The van der Waals surface area contributed by atoms with Gasteiger partial charge >= 0.3 is 5.97 Å². The molecule has 9 heteroatoms. The number of aromatic nitrogens is 4. The predicted octanol–water partition coefficient (Wildman–Crippen LogP) is 10.6. The molecule has 0 amide bonds. The van der Waals surface area contributed by atoms with E-state index < -0.39 is 0 Å². The van der Waals surface area contributed by atoms with Gasteiger partial charge in [0.05, 0.1) is 17.6 Å². The monoisotopic (exact) mass is 744 g/mol. The van der Waals surface area contributed by atoms with Crippen LogP contribution in [-0.4, -0.2) is 32.5 Å². The molecule has 0 unspecified atom stereocenters. The Morgan fingerprint density at radius 2 is 1.24 bits per heavy atom. The fraction of sp³-hybridized carbons (Fsp3) is 0.262. The second kappa shape index (κ2) is 16.7. The third-order valence-corrected chi connectivity index (χ3v) is 8.94. The number of carbonyl (C=O) groups excluding carboxylic acids is 1. The van der Waals surface area contributed by atoms with Crippen LogP contribution in [0.5, 0.6) is 0 Å². The quantitative estimate of drug-likeness (QED) is 0.111. The Bertz CT molecular complexity index is 2220. The molecule has 0 aliphatic carbocycles. The summed E-state index contributed by atoms with van der Waals surface area (Å²) in [6, 6.07) is 29.2. The van der Waals surface area contributed by atoms with Crippen molar-refractivity contribution in [1.82, 2.24) is 19.9 Å². The molecular formula is C42H45BrN6O2. The van der Waals surface area contributed by atoms with Gasteiger partial charge in [-0.1, -0.05) is 81.7 Å². The van der Waals surface area contributed by atoms with Crippen molar-refractivity contribution in [2.75, 3.05) is 17.2 Å². The van der Waals surface area contributed by atoms with Crippen molar-refractivity contribution in [3.05, 3.63) is 135 Å². The van der Waals surface area contributed by atoms with E-state index in [0.717, 1.165) is 54.9 Å². The number of ether oxygens (including phenoxy) is 1. The molecule has 4 aromatic carbocycles. The van der Waals surface area contributed by atoms with Gasteiger partial charge in [0.25, 0.3) is 0 Å². The molecule has 2 heterocycles. The van der Waals surface area contributed by atoms with E-state index in [2.05, 4.69) is 129 Å². The summed E-state index contributed by atoms with van der Waals surface area (Å²) >= 11 is 3.52. The predicted molar refractivity (Wildman–Crippen MR) is 213 cm³/mol. The minimum atomic E-state index is -0.336. The molecule has 8 nitrogen and oxygen atoms in total. The molecule has 0 fully saturated rings. The molecule has 0 saturated carbocycles. The minimum Gasteiger partial charge on any atom is -0.463 e. The summed E-state index contributed by atoms with van der Waals surface area (Å²) in [4.78, 5) is 30.1. The van der Waals surface area contributed by atoms with Gasteiger partial charge in [-0.25, -0.2) is 24.7 Å². The standard InChI is InChI=1S/C24H27N3O2.C18H18BrN3/c1-6-29-23(28)13-16(3)19-10-11-22-21(14-19)24(27-18(5)26-22)25-17(4)20-9-7-8-15(2)12-20;1-11-5-4-6-14(9-11)12(2)20-18-16-10-15(19)7-8-17(16)21-13(3)22-18/h7-14,17H,6H2,1-5H3,(H,25,26,27);4-10,12H,1-3H3,(H,20,21,22)/b16-13+;/t17-;12-/m11/s1. The van der Waals surface area contributed by atoms with E-state index in [1.165, 1.54) is 28.3 Å². The molecule has 6 rings (SSSR count). The first-order chi connectivity index (χ1) is 24.4. The Morgan fingerprint density at radius 1 is 0.725 bits per heavy atom. The lowest BCUT2D eigenvalue weighted by molar-refractivity contribution is -0.137. The second-order valence-electron chi connectivity index (χ2n) is 12.8. The van der Waals surface area contributed by atoms with Crippen molar-refractivity contribution in [1.29, 1.82) is 0 Å². The summed E-state index contributed by atoms with van der Waals surface area (Å²) in [7, 11) is 0. The number of rotatable bonds is 9. The third-order valence-electron chi connectivity index (χ3n) is 8.44. The maximum absolute atomic E-state index is 11.8. The van der Waals surface area contributed by atoms with Gasteiger partial charge in [-0.05, 0) is 108 Å². The van der Waals surface area contributed by atoms with E-state index in [9.17, 15) is 4.79 Å². The number of benzene rings is 4. The van der Waals surface area contributed by atoms with Crippen LogP contribution in [0.3, 0.4) is 0 Å². The van der Waals surface area contributed by atoms with Crippen molar-refractivity contribution < 1.29 is 9.53 Å². The maximum atomic E-state index is 11.8. The molecule has 2 N–H and O–H groups in total. The summed E-state index contributed by atoms with van der Waals surface area (Å²) in [6.07, 6.45) is 1.52. The topological polar surface area (TPSA) is 102 Å². The molecule has 0 saturated heterocycles. The molecule has 262 valence electrons. The number of nitrogens with one attached hydrogen (secondary N) is 2. The number of anilines is 2. The highest BCUT2D eigenvalue weighted by atomic mass is 79.9. The Balaban J connectivity index is 0.000000205. The van der Waals surface area contributed by atoms with E-state index in [0.29, 0.717) is 12.4 Å². The largest absolute Gasteiger partial charge is 0.463 e. The van der Waals surface area contributed by atoms with E-state index in [1.54, 1.807) is 6.92 Å². The number of aryl methyl sites for hydroxylation is 4. The molecule has 0 aliphatic rings. The molecule has 0 radical (unpaired) electrons. The van der Waals surface area contributed by atoms with Gasteiger partial charge in [0.2, 0.25) is 0 Å². The zero-order valence-corrected chi connectivity index (χ0v) is 32.1. The van der Waals surface area contributed by atoms with Crippen LogP contribution in [0.2, 0.25) is 0 Å². The molecule has 0 spiro atoms. The smallest absolute Gasteiger partial charge is 0.331 e. The molecule has 6 aromatic rings. The Morgan fingerprint density at radius 3 is 1.75 bits per heavy atom. The number of hydrogen-bond donors (Lipinski definition) is 2. The number of hydrogen-bond acceptors (Lipinski definition) is 8. The van der Waals surface area contributed by atoms with Gasteiger partial charge in [-0.3, -0.25) is 0 Å². The zero-order valence-electron chi connectivity index (χ0n) is 30.5. The lowest BCUT2D eigenvalue weighted by Crippen LogP contribution is -2.10. The molecule has 2 atom stereocenters. The van der Waals surface area contributed by atoms with Crippen molar-refractivity contribution in [2.45, 2.75) is 67.5 Å². The first-order valence-electron chi connectivity index (χ1n) is 17.1. The van der Waals surface area contributed by atoms with Crippen LogP contribution in [0.15, 0.2) is 95.5 Å². The van der Waals surface area contributed by atoms with Crippen molar-refractivity contribution in [3.63, 3.8) is 0 Å². The third kappa shape index (κ3) is 9.76. The number of esters is 1. The van der Waals surface area contributed by atoms with E-state index >= 15 is 0 Å². The fourth-order valence-corrected chi connectivity index (χ4v) is 6.19. The SMILES string of the molecule is CCOC(=O)/C=C(\C)c1ccc2nc(C)nc(N[C@H](C)c3cccc(C)c3)c2c1.Cc1cccc([C@@H](C)Nc2nc(C)nc3ccc(Br)cc23)c1. The number of halogens is 1. The summed E-state index contributed by atoms with van der Waals surface area (Å²) in [5, 5.41) is 9.01. The van der Waals surface area contributed by atoms with Gasteiger partial charge in [0.1, 0.15) is 23.3 Å². The van der Waals surface area contributed by atoms with E-state index in [1.807, 2.05) is 51.1 Å². The lowest BCUT2D eigenvalue weighted by Gasteiger charge is -2.18. The second-order valence-corrected chi connectivity index (χ2v) is 13.7. The average Bonchev–Trinajstić information content (AvgIpc) is 3.08. The van der Waals surface area contributed by atoms with Crippen molar-refractivity contribution in [3.8, 4) is 0 Å². The summed E-state index contributed by atoms with van der Waals surface area (Å²) in [5.74, 6) is 2.80. The van der Waals surface area contributed by atoms with Gasteiger partial charge in [0, 0.05) is 33.4 Å². The lowest BCUT2D eigenvalue weighted by atomic mass is 10.0. The van der Waals surface area contributed by atoms with Gasteiger partial charge in [0.15, 0.2) is 0 Å². The Hall–Kier alpha value is -5.15. The van der Waals surface area contributed by atoms with Crippen molar-refractivity contribution in [2.24, 2.45) is 0 Å². The van der Waals surface area contributed by atoms with Gasteiger partial charge < -0.3 is 15.4 Å². The van der Waals surface area contributed by atoms with Crippen LogP contribution in [0, 0.1) is 27.7 Å². The molecular weight excluding hydrogens is 700 g/mol. The fourth-order valence-electron chi connectivity index (χ4n) is 5.83. The normalized spacial score (nSPS) is 12.5. The summed E-state index contributed by atoms with van der Waals surface area (Å²) in [5.41, 5.74) is 8.52. The molecule has 0 aliphatic heterocycles. The summed E-state index contributed by atoms with van der Waals surface area (Å²) in [6.45, 7) is 16.3. The van der Waals surface area contributed by atoms with Crippen LogP contribution in [0.25, 0.3) is 27.4 Å². The number of nitrogens with zero attached hydrogens (tertiary/aromatic N) is 4. The first-order valence-corrected chi connectivity index (χ1v) is 17.9. The Kier molecular flexibility index (Phi) is 12.2. The van der Waals surface area contributed by atoms with Gasteiger partial charge in [-0.15, -0.1) is 0 Å². The highest BCUT2D eigenvalue weighted by Gasteiger charge is 2.14. The van der Waals surface area contributed by atoms with E-state index in [4.69, 9.17) is 4.74 Å². The van der Waals surface area contributed by atoms with Crippen LogP contribution in [0.1, 0.15) is 79.2 Å². The zero-order chi connectivity index (χ0) is 36.7. The van der Waals surface area contributed by atoms with Gasteiger partial charge in [-0.2, -0.15) is 0 Å². The number of carbonyl (C=O) groups is 1. The molecule has 51 heavy (non-hydrogen) atoms. The molecule has 2 aromatic heterocycles. The van der Waals surface area contributed by atoms with Crippen molar-refractivity contribution >= 4 is 60.9 Å². The first kappa shape index (κ1) is 37.1. The van der Waals surface area contributed by atoms with E-state index in [-0.39, 0.29) is 18.1 Å². The van der Waals surface area contributed by atoms with Crippen LogP contribution >= 0.6 is 15.9 Å². The average molecular weight is 746 g/mol. The Labute approximate surface area is 309 Å². The highest BCUT2D eigenvalue weighted by molar-refractivity contribution is 9.10. The molecule has 0 bridgehead atoms. The summed E-state index contributed by atoms with van der Waals surface area (Å²) < 4.78 is 6.05. The number of fused-ring (bicyclic) bond motifs is 2. The van der Waals surface area contributed by atoms with Crippen LogP contribution < -0.4 is 10.6 Å².